The molecule has 0 bridgehead atoms. The fourth-order valence-electron chi connectivity index (χ4n) is 3.39. The molecule has 0 unspecified atom stereocenters. The number of aromatic nitrogens is 1. The Labute approximate surface area is 130 Å². The summed E-state index contributed by atoms with van der Waals surface area (Å²) in [5.41, 5.74) is 1.92. The fourth-order valence-corrected chi connectivity index (χ4v) is 3.39. The molecule has 1 saturated carbocycles. The summed E-state index contributed by atoms with van der Waals surface area (Å²) in [5.74, 6) is 0.888. The van der Waals surface area contributed by atoms with Crippen molar-refractivity contribution < 1.29 is 18.8 Å². The number of carbonyl (C=O) groups excluding carboxylic acids is 1. The number of amides is 1. The predicted molar refractivity (Wildman–Crippen MR) is 79.6 cm³/mol. The molecule has 1 aromatic rings. The Kier molecular flexibility index (Phi) is 4.78. The number of fused-ring (bicyclic) bond motifs is 1. The van der Waals surface area contributed by atoms with Crippen molar-refractivity contribution in [2.75, 3.05) is 13.2 Å². The van der Waals surface area contributed by atoms with E-state index in [1.165, 1.54) is 0 Å². The van der Waals surface area contributed by atoms with Gasteiger partial charge in [0.1, 0.15) is 5.76 Å². The maximum Gasteiger partial charge on any atom is 0.220 e. The van der Waals surface area contributed by atoms with Gasteiger partial charge in [-0.05, 0) is 39.5 Å². The molecule has 1 aliphatic heterocycles. The van der Waals surface area contributed by atoms with Crippen molar-refractivity contribution in [3.05, 3.63) is 17.0 Å². The van der Waals surface area contributed by atoms with E-state index >= 15 is 0 Å². The quantitative estimate of drug-likeness (QED) is 0.916. The molecule has 2 heterocycles. The molecule has 3 atom stereocenters. The fraction of sp³-hybridized carbons (Fsp3) is 0.750. The molecule has 122 valence electrons. The van der Waals surface area contributed by atoms with E-state index in [1.54, 1.807) is 0 Å². The molecule has 6 heteroatoms. The van der Waals surface area contributed by atoms with E-state index in [2.05, 4.69) is 10.5 Å². The van der Waals surface area contributed by atoms with E-state index in [0.29, 0.717) is 26.1 Å². The maximum atomic E-state index is 12.2. The van der Waals surface area contributed by atoms with E-state index in [4.69, 9.17) is 14.0 Å². The van der Waals surface area contributed by atoms with Gasteiger partial charge in [-0.3, -0.25) is 4.79 Å². The van der Waals surface area contributed by atoms with E-state index in [-0.39, 0.29) is 24.2 Å². The molecule has 1 N–H and O–H groups in total. The van der Waals surface area contributed by atoms with Crippen LogP contribution in [0.4, 0.5) is 0 Å². The SMILES string of the molecule is Cc1noc(C)c1CCC(=O)N[C@@H]1CC[C@H]2OCCO[C@@H]2C1. The van der Waals surface area contributed by atoms with Gasteiger partial charge in [-0.15, -0.1) is 0 Å². The third-order valence-corrected chi connectivity index (χ3v) is 4.63. The first kappa shape index (κ1) is 15.5. The lowest BCUT2D eigenvalue weighted by atomic mass is 9.89. The van der Waals surface area contributed by atoms with Gasteiger partial charge in [0.15, 0.2) is 0 Å². The molecule has 1 aromatic heterocycles. The number of ether oxygens (including phenoxy) is 2. The second-order valence-electron chi connectivity index (χ2n) is 6.20. The molecule has 2 aliphatic rings. The standard InChI is InChI=1S/C16H24N2O4/c1-10-13(11(2)22-18-10)4-6-16(19)17-12-3-5-14-15(9-12)21-8-7-20-14/h12,14-15H,3-9H2,1-2H3,(H,17,19)/t12-,14-,15-/m1/s1. The summed E-state index contributed by atoms with van der Waals surface area (Å²) < 4.78 is 16.6. The molecule has 2 fully saturated rings. The van der Waals surface area contributed by atoms with Crippen LogP contribution >= 0.6 is 0 Å². The van der Waals surface area contributed by atoms with Crippen LogP contribution in [0.3, 0.4) is 0 Å². The van der Waals surface area contributed by atoms with Crippen LogP contribution in [0.15, 0.2) is 4.52 Å². The van der Waals surface area contributed by atoms with E-state index in [9.17, 15) is 4.79 Å². The Balaban J connectivity index is 1.46. The third-order valence-electron chi connectivity index (χ3n) is 4.63. The number of hydrogen-bond donors (Lipinski definition) is 1. The first-order valence-corrected chi connectivity index (χ1v) is 8.08. The van der Waals surface area contributed by atoms with Crippen LogP contribution < -0.4 is 5.32 Å². The molecule has 1 aliphatic carbocycles. The lowest BCUT2D eigenvalue weighted by Gasteiger charge is -2.39. The third kappa shape index (κ3) is 3.50. The lowest BCUT2D eigenvalue weighted by molar-refractivity contribution is -0.158. The Morgan fingerprint density at radius 1 is 1.23 bits per heavy atom. The summed E-state index contributed by atoms with van der Waals surface area (Å²) in [6, 6.07) is 0.195. The minimum absolute atomic E-state index is 0.0835. The minimum Gasteiger partial charge on any atom is -0.373 e. The Bertz CT molecular complexity index is 509. The number of aryl methyl sites for hydroxylation is 2. The van der Waals surface area contributed by atoms with E-state index < -0.39 is 0 Å². The first-order chi connectivity index (χ1) is 10.6. The number of rotatable bonds is 4. The van der Waals surface area contributed by atoms with E-state index in [0.717, 1.165) is 36.3 Å². The lowest BCUT2D eigenvalue weighted by Crippen LogP contribution is -2.49. The predicted octanol–water partition coefficient (Wildman–Crippen LogP) is 1.68. The maximum absolute atomic E-state index is 12.2. The number of carbonyl (C=O) groups is 1. The van der Waals surface area contributed by atoms with Crippen LogP contribution in [0, 0.1) is 13.8 Å². The number of nitrogens with zero attached hydrogens (tertiary/aromatic N) is 1. The van der Waals surface area contributed by atoms with Crippen LogP contribution in [-0.4, -0.2) is 42.5 Å². The van der Waals surface area contributed by atoms with Crippen LogP contribution in [0.1, 0.15) is 42.7 Å². The van der Waals surface area contributed by atoms with Gasteiger partial charge in [-0.2, -0.15) is 0 Å². The zero-order valence-electron chi connectivity index (χ0n) is 13.3. The van der Waals surface area contributed by atoms with Crippen LogP contribution in [-0.2, 0) is 20.7 Å². The average molecular weight is 308 g/mol. The van der Waals surface area contributed by atoms with Crippen LogP contribution in [0.2, 0.25) is 0 Å². The van der Waals surface area contributed by atoms with Gasteiger partial charge >= 0.3 is 0 Å². The Morgan fingerprint density at radius 2 is 2.00 bits per heavy atom. The van der Waals surface area contributed by atoms with Crippen molar-refractivity contribution in [2.45, 2.75) is 64.2 Å². The molecule has 6 nitrogen and oxygen atoms in total. The highest BCUT2D eigenvalue weighted by molar-refractivity contribution is 5.76. The van der Waals surface area contributed by atoms with Crippen molar-refractivity contribution in [2.24, 2.45) is 0 Å². The molecular formula is C16H24N2O4. The Hall–Kier alpha value is -1.40. The number of nitrogens with one attached hydrogen (secondary N) is 1. The topological polar surface area (TPSA) is 73.6 Å². The van der Waals surface area contributed by atoms with Crippen molar-refractivity contribution in [3.63, 3.8) is 0 Å². The zero-order valence-corrected chi connectivity index (χ0v) is 13.3. The molecule has 22 heavy (non-hydrogen) atoms. The molecule has 0 aromatic carbocycles. The highest BCUT2D eigenvalue weighted by Gasteiger charge is 2.34. The zero-order chi connectivity index (χ0) is 15.5. The normalized spacial score (nSPS) is 28.2. The first-order valence-electron chi connectivity index (χ1n) is 8.08. The summed E-state index contributed by atoms with van der Waals surface area (Å²) >= 11 is 0. The summed E-state index contributed by atoms with van der Waals surface area (Å²) in [6.45, 7) is 5.14. The highest BCUT2D eigenvalue weighted by Crippen LogP contribution is 2.26. The molecule has 1 amide bonds. The average Bonchev–Trinajstić information content (AvgIpc) is 2.84. The monoisotopic (exact) mass is 308 g/mol. The van der Waals surface area contributed by atoms with Gasteiger partial charge in [0, 0.05) is 18.0 Å². The summed E-state index contributed by atoms with van der Waals surface area (Å²) in [6.07, 6.45) is 4.25. The summed E-state index contributed by atoms with van der Waals surface area (Å²) in [5, 5.41) is 7.05. The van der Waals surface area contributed by atoms with Crippen LogP contribution in [0.5, 0.6) is 0 Å². The highest BCUT2D eigenvalue weighted by atomic mass is 16.6. The van der Waals surface area contributed by atoms with Gasteiger partial charge in [-0.1, -0.05) is 5.16 Å². The van der Waals surface area contributed by atoms with Crippen molar-refractivity contribution >= 4 is 5.91 Å². The van der Waals surface area contributed by atoms with Crippen molar-refractivity contribution in [1.29, 1.82) is 0 Å². The van der Waals surface area contributed by atoms with Gasteiger partial charge in [0.2, 0.25) is 5.91 Å². The van der Waals surface area contributed by atoms with Crippen molar-refractivity contribution in [1.82, 2.24) is 10.5 Å². The molecule has 0 radical (unpaired) electrons. The van der Waals surface area contributed by atoms with Gasteiger partial charge < -0.3 is 19.3 Å². The molecule has 0 spiro atoms. The summed E-state index contributed by atoms with van der Waals surface area (Å²) in [4.78, 5) is 12.2. The van der Waals surface area contributed by atoms with E-state index in [1.807, 2.05) is 13.8 Å². The van der Waals surface area contributed by atoms with Crippen molar-refractivity contribution in [3.8, 4) is 0 Å². The largest absolute Gasteiger partial charge is 0.373 e. The minimum atomic E-state index is 0.0835. The Morgan fingerprint density at radius 3 is 2.73 bits per heavy atom. The second-order valence-corrected chi connectivity index (χ2v) is 6.20. The number of hydrogen-bond acceptors (Lipinski definition) is 5. The van der Waals surface area contributed by atoms with Gasteiger partial charge in [0.05, 0.1) is 31.1 Å². The smallest absolute Gasteiger partial charge is 0.220 e. The second kappa shape index (κ2) is 6.79. The molecule has 3 rings (SSSR count). The molecular weight excluding hydrogens is 284 g/mol. The molecule has 1 saturated heterocycles. The summed E-state index contributed by atoms with van der Waals surface area (Å²) in [7, 11) is 0. The van der Waals surface area contributed by atoms with Crippen LogP contribution in [0.25, 0.3) is 0 Å². The van der Waals surface area contributed by atoms with Gasteiger partial charge in [-0.25, -0.2) is 0 Å². The van der Waals surface area contributed by atoms with Gasteiger partial charge in [0.25, 0.3) is 0 Å².